The van der Waals surface area contributed by atoms with Crippen LogP contribution in [0.2, 0.25) is 0 Å². The Labute approximate surface area is 97.8 Å². The molecule has 0 unspecified atom stereocenters. The standard InChI is InChI=1S/C11H12N2O4/c1-15-10-4-8(5-14)2-3-9(10)16-6-11-12-7-17-13-11/h2-4,7,14H,5-6H2,1H3. The van der Waals surface area contributed by atoms with Gasteiger partial charge in [-0.3, -0.25) is 0 Å². The molecule has 0 aliphatic carbocycles. The van der Waals surface area contributed by atoms with Crippen LogP contribution in [0, 0.1) is 0 Å². The maximum Gasteiger partial charge on any atom is 0.213 e. The Balaban J connectivity index is 2.09. The second-order valence-electron chi connectivity index (χ2n) is 3.28. The van der Waals surface area contributed by atoms with Gasteiger partial charge in [0.15, 0.2) is 18.1 Å². The van der Waals surface area contributed by atoms with E-state index in [1.54, 1.807) is 18.2 Å². The third-order valence-electron chi connectivity index (χ3n) is 2.17. The van der Waals surface area contributed by atoms with E-state index in [0.717, 1.165) is 5.56 Å². The van der Waals surface area contributed by atoms with Crippen molar-refractivity contribution in [1.29, 1.82) is 0 Å². The molecule has 6 nitrogen and oxygen atoms in total. The molecule has 0 aliphatic heterocycles. The van der Waals surface area contributed by atoms with Crippen LogP contribution in [-0.4, -0.2) is 22.4 Å². The summed E-state index contributed by atoms with van der Waals surface area (Å²) >= 11 is 0. The third-order valence-corrected chi connectivity index (χ3v) is 2.17. The van der Waals surface area contributed by atoms with Crippen LogP contribution in [0.4, 0.5) is 0 Å². The molecule has 0 aliphatic rings. The van der Waals surface area contributed by atoms with Crippen LogP contribution in [0.15, 0.2) is 29.1 Å². The van der Waals surface area contributed by atoms with Gasteiger partial charge in [-0.25, -0.2) is 0 Å². The fourth-order valence-corrected chi connectivity index (χ4v) is 1.33. The van der Waals surface area contributed by atoms with Crippen molar-refractivity contribution in [2.45, 2.75) is 13.2 Å². The predicted octanol–water partition coefficient (Wildman–Crippen LogP) is 1.15. The van der Waals surface area contributed by atoms with E-state index >= 15 is 0 Å². The zero-order valence-corrected chi connectivity index (χ0v) is 9.29. The number of aliphatic hydroxyl groups excluding tert-OH is 1. The molecule has 0 bridgehead atoms. The molecule has 2 aromatic rings. The molecule has 1 aromatic heterocycles. The molecule has 1 heterocycles. The first kappa shape index (κ1) is 11.4. The van der Waals surface area contributed by atoms with E-state index < -0.39 is 0 Å². The van der Waals surface area contributed by atoms with Gasteiger partial charge >= 0.3 is 0 Å². The summed E-state index contributed by atoms with van der Waals surface area (Å²) in [6.45, 7) is 0.160. The summed E-state index contributed by atoms with van der Waals surface area (Å²) in [4.78, 5) is 3.84. The first-order valence-corrected chi connectivity index (χ1v) is 4.99. The normalized spacial score (nSPS) is 10.2. The molecular weight excluding hydrogens is 224 g/mol. The quantitative estimate of drug-likeness (QED) is 0.839. The lowest BCUT2D eigenvalue weighted by Gasteiger charge is -2.10. The molecule has 0 saturated carbocycles. The van der Waals surface area contributed by atoms with E-state index in [4.69, 9.17) is 14.6 Å². The topological polar surface area (TPSA) is 77.6 Å². The fourth-order valence-electron chi connectivity index (χ4n) is 1.33. The Hall–Kier alpha value is -2.08. The van der Waals surface area contributed by atoms with Crippen molar-refractivity contribution in [2.75, 3.05) is 7.11 Å². The number of methoxy groups -OCH3 is 1. The second-order valence-corrected chi connectivity index (χ2v) is 3.28. The molecule has 2 rings (SSSR count). The lowest BCUT2D eigenvalue weighted by atomic mass is 10.2. The largest absolute Gasteiger partial charge is 0.493 e. The molecular formula is C11H12N2O4. The summed E-state index contributed by atoms with van der Waals surface area (Å²) in [7, 11) is 1.54. The van der Waals surface area contributed by atoms with E-state index in [0.29, 0.717) is 17.3 Å². The molecule has 0 radical (unpaired) electrons. The highest BCUT2D eigenvalue weighted by Gasteiger charge is 2.07. The number of rotatable bonds is 5. The molecule has 0 fully saturated rings. The van der Waals surface area contributed by atoms with Gasteiger partial charge in [0, 0.05) is 0 Å². The van der Waals surface area contributed by atoms with Gasteiger partial charge in [0.2, 0.25) is 12.2 Å². The minimum Gasteiger partial charge on any atom is -0.493 e. The summed E-state index contributed by atoms with van der Waals surface area (Å²) in [6.07, 6.45) is 1.24. The maximum atomic E-state index is 9.00. The highest BCUT2D eigenvalue weighted by Crippen LogP contribution is 2.28. The summed E-state index contributed by atoms with van der Waals surface area (Å²) < 4.78 is 15.2. The summed E-state index contributed by atoms with van der Waals surface area (Å²) in [5.74, 6) is 1.58. The summed E-state index contributed by atoms with van der Waals surface area (Å²) in [5, 5.41) is 12.6. The van der Waals surface area contributed by atoms with Gasteiger partial charge in [0.25, 0.3) is 0 Å². The zero-order valence-electron chi connectivity index (χ0n) is 9.29. The molecule has 0 amide bonds. The van der Waals surface area contributed by atoms with Crippen molar-refractivity contribution in [3.63, 3.8) is 0 Å². The highest BCUT2D eigenvalue weighted by molar-refractivity contribution is 5.42. The number of hydrogen-bond donors (Lipinski definition) is 1. The number of ether oxygens (including phenoxy) is 2. The average molecular weight is 236 g/mol. The van der Waals surface area contributed by atoms with Crippen molar-refractivity contribution in [3.05, 3.63) is 36.0 Å². The number of aromatic nitrogens is 2. The van der Waals surface area contributed by atoms with Crippen LogP contribution < -0.4 is 9.47 Å². The maximum absolute atomic E-state index is 9.00. The number of hydrogen-bond acceptors (Lipinski definition) is 6. The third kappa shape index (κ3) is 2.73. The van der Waals surface area contributed by atoms with E-state index in [1.807, 2.05) is 0 Å². The van der Waals surface area contributed by atoms with E-state index in [2.05, 4.69) is 14.7 Å². The Morgan fingerprint density at radius 3 is 2.88 bits per heavy atom. The molecule has 90 valence electrons. The molecule has 17 heavy (non-hydrogen) atoms. The van der Waals surface area contributed by atoms with Crippen LogP contribution >= 0.6 is 0 Å². The van der Waals surface area contributed by atoms with Crippen molar-refractivity contribution in [1.82, 2.24) is 10.1 Å². The van der Waals surface area contributed by atoms with Crippen molar-refractivity contribution >= 4 is 0 Å². The monoisotopic (exact) mass is 236 g/mol. The van der Waals surface area contributed by atoms with E-state index in [-0.39, 0.29) is 13.2 Å². The Bertz CT molecular complexity index is 470. The lowest BCUT2D eigenvalue weighted by molar-refractivity contribution is 0.266. The molecule has 6 heteroatoms. The predicted molar refractivity (Wildman–Crippen MR) is 57.5 cm³/mol. The van der Waals surface area contributed by atoms with Crippen molar-refractivity contribution in [2.24, 2.45) is 0 Å². The first-order valence-electron chi connectivity index (χ1n) is 4.99. The average Bonchev–Trinajstić information content (AvgIpc) is 2.89. The van der Waals surface area contributed by atoms with Crippen LogP contribution in [0.3, 0.4) is 0 Å². The molecule has 1 aromatic carbocycles. The molecule has 0 spiro atoms. The van der Waals surface area contributed by atoms with E-state index in [9.17, 15) is 0 Å². The van der Waals surface area contributed by atoms with Gasteiger partial charge in [-0.15, -0.1) is 0 Å². The van der Waals surface area contributed by atoms with Gasteiger partial charge < -0.3 is 19.1 Å². The van der Waals surface area contributed by atoms with Crippen molar-refractivity contribution in [3.8, 4) is 11.5 Å². The number of nitrogens with zero attached hydrogens (tertiary/aromatic N) is 2. The van der Waals surface area contributed by atoms with Crippen LogP contribution in [0.1, 0.15) is 11.4 Å². The van der Waals surface area contributed by atoms with Crippen LogP contribution in [-0.2, 0) is 13.2 Å². The SMILES string of the molecule is COc1cc(CO)ccc1OCc1ncon1. The van der Waals surface area contributed by atoms with Crippen molar-refractivity contribution < 1.29 is 19.1 Å². The molecule has 0 saturated heterocycles. The molecule has 0 atom stereocenters. The second kappa shape index (κ2) is 5.31. The Morgan fingerprint density at radius 2 is 2.24 bits per heavy atom. The zero-order chi connectivity index (χ0) is 12.1. The van der Waals surface area contributed by atoms with Gasteiger partial charge in [-0.1, -0.05) is 11.2 Å². The smallest absolute Gasteiger partial charge is 0.213 e. The summed E-state index contributed by atoms with van der Waals surface area (Å²) in [5.41, 5.74) is 0.758. The van der Waals surface area contributed by atoms with Crippen LogP contribution in [0.5, 0.6) is 11.5 Å². The van der Waals surface area contributed by atoms with Gasteiger partial charge in [0.05, 0.1) is 13.7 Å². The van der Waals surface area contributed by atoms with Gasteiger partial charge in [0.1, 0.15) is 0 Å². The minimum absolute atomic E-state index is 0.0402. The minimum atomic E-state index is -0.0402. The molecule has 1 N–H and O–H groups in total. The Kier molecular flexibility index (Phi) is 3.56. The highest BCUT2D eigenvalue weighted by atomic mass is 16.5. The van der Waals surface area contributed by atoms with Gasteiger partial charge in [-0.05, 0) is 17.7 Å². The lowest BCUT2D eigenvalue weighted by Crippen LogP contribution is -1.99. The van der Waals surface area contributed by atoms with Crippen LogP contribution in [0.25, 0.3) is 0 Å². The number of aliphatic hydroxyl groups is 1. The van der Waals surface area contributed by atoms with Gasteiger partial charge in [-0.2, -0.15) is 4.98 Å². The van der Waals surface area contributed by atoms with E-state index in [1.165, 1.54) is 13.5 Å². The summed E-state index contributed by atoms with van der Waals surface area (Å²) in [6, 6.07) is 5.20. The number of benzene rings is 1. The Morgan fingerprint density at radius 1 is 1.35 bits per heavy atom. The first-order chi connectivity index (χ1) is 8.33. The fraction of sp³-hybridized carbons (Fsp3) is 0.273.